The van der Waals surface area contributed by atoms with Crippen molar-refractivity contribution >= 4 is 5.91 Å². The molecule has 7 heteroatoms. The van der Waals surface area contributed by atoms with E-state index in [2.05, 4.69) is 20.4 Å². The van der Waals surface area contributed by atoms with Crippen LogP contribution in [0.25, 0.3) is 0 Å². The Hall–Kier alpha value is -1.47. The second-order valence-electron chi connectivity index (χ2n) is 6.06. The Morgan fingerprint density at radius 1 is 1.45 bits per heavy atom. The lowest BCUT2D eigenvalue weighted by Gasteiger charge is -2.21. The minimum atomic E-state index is 0.0676. The normalized spacial score (nSPS) is 25.7. The first-order valence-corrected chi connectivity index (χ1v) is 8.17. The minimum absolute atomic E-state index is 0.0676. The van der Waals surface area contributed by atoms with Crippen LogP contribution in [0.5, 0.6) is 0 Å². The van der Waals surface area contributed by atoms with Gasteiger partial charge in [0.1, 0.15) is 0 Å². The lowest BCUT2D eigenvalue weighted by atomic mass is 10.1. The summed E-state index contributed by atoms with van der Waals surface area (Å²) in [5.41, 5.74) is 0. The molecule has 0 aromatic carbocycles. The minimum Gasteiger partial charge on any atom is -0.381 e. The van der Waals surface area contributed by atoms with Crippen LogP contribution in [-0.4, -0.2) is 53.8 Å². The topological polar surface area (TPSA) is 80.5 Å². The van der Waals surface area contributed by atoms with Crippen LogP contribution in [0.1, 0.15) is 43.9 Å². The van der Waals surface area contributed by atoms with Gasteiger partial charge in [-0.25, -0.2) is 0 Å². The Balaban J connectivity index is 1.50. The molecule has 2 atom stereocenters. The molecule has 2 aliphatic heterocycles. The van der Waals surface area contributed by atoms with Gasteiger partial charge in [0.15, 0.2) is 5.82 Å². The van der Waals surface area contributed by atoms with E-state index < -0.39 is 0 Å². The van der Waals surface area contributed by atoms with Crippen molar-refractivity contribution in [1.82, 2.24) is 20.4 Å². The maximum Gasteiger partial charge on any atom is 0.234 e. The summed E-state index contributed by atoms with van der Waals surface area (Å²) in [5, 5.41) is 7.07. The van der Waals surface area contributed by atoms with Crippen LogP contribution >= 0.6 is 0 Å². The number of carbonyl (C=O) groups is 1. The van der Waals surface area contributed by atoms with E-state index in [1.165, 1.54) is 0 Å². The molecule has 0 spiro atoms. The molecule has 0 bridgehead atoms. The van der Waals surface area contributed by atoms with Crippen molar-refractivity contribution in [2.45, 2.75) is 38.6 Å². The molecule has 1 aromatic rings. The van der Waals surface area contributed by atoms with Gasteiger partial charge in [-0.15, -0.1) is 0 Å². The van der Waals surface area contributed by atoms with Gasteiger partial charge in [0.05, 0.1) is 19.2 Å². The number of carbonyl (C=O) groups excluding carboxylic acids is 1. The molecule has 0 radical (unpaired) electrons. The SMILES string of the molecule is CCc1nc(C2CCCN2CC(=O)NCC2CCOC2)no1. The van der Waals surface area contributed by atoms with Gasteiger partial charge in [0.25, 0.3) is 0 Å². The highest BCUT2D eigenvalue weighted by Crippen LogP contribution is 2.29. The molecule has 122 valence electrons. The van der Waals surface area contributed by atoms with Gasteiger partial charge in [-0.05, 0) is 25.8 Å². The number of likely N-dealkylation sites (tertiary alicyclic amines) is 1. The van der Waals surface area contributed by atoms with E-state index in [1.54, 1.807) is 0 Å². The van der Waals surface area contributed by atoms with Crippen LogP contribution in [0.2, 0.25) is 0 Å². The van der Waals surface area contributed by atoms with Gasteiger partial charge in [0.2, 0.25) is 11.8 Å². The largest absolute Gasteiger partial charge is 0.381 e. The average Bonchev–Trinajstić information content (AvgIpc) is 3.26. The second kappa shape index (κ2) is 7.19. The van der Waals surface area contributed by atoms with Gasteiger partial charge in [-0.3, -0.25) is 9.69 Å². The molecule has 22 heavy (non-hydrogen) atoms. The Morgan fingerprint density at radius 3 is 3.09 bits per heavy atom. The van der Waals surface area contributed by atoms with E-state index >= 15 is 0 Å². The molecule has 1 N–H and O–H groups in total. The quantitative estimate of drug-likeness (QED) is 0.842. The Bertz CT molecular complexity index is 499. The van der Waals surface area contributed by atoms with Crippen molar-refractivity contribution in [2.75, 3.05) is 32.8 Å². The van der Waals surface area contributed by atoms with E-state index in [1.807, 2.05) is 6.92 Å². The summed E-state index contributed by atoms with van der Waals surface area (Å²) in [6, 6.07) is 0.101. The number of aromatic nitrogens is 2. The highest BCUT2D eigenvalue weighted by atomic mass is 16.5. The van der Waals surface area contributed by atoms with Gasteiger partial charge in [-0.2, -0.15) is 4.98 Å². The molecule has 0 saturated carbocycles. The zero-order valence-electron chi connectivity index (χ0n) is 13.1. The summed E-state index contributed by atoms with van der Waals surface area (Å²) in [4.78, 5) is 18.7. The first-order valence-electron chi connectivity index (χ1n) is 8.17. The van der Waals surface area contributed by atoms with E-state index in [0.717, 1.165) is 45.4 Å². The number of rotatable bonds is 6. The van der Waals surface area contributed by atoms with Gasteiger partial charge in [0, 0.05) is 25.5 Å². The summed E-state index contributed by atoms with van der Waals surface area (Å²) < 4.78 is 10.5. The molecule has 2 fully saturated rings. The first-order chi connectivity index (χ1) is 10.8. The predicted molar refractivity (Wildman–Crippen MR) is 79.2 cm³/mol. The lowest BCUT2D eigenvalue weighted by Crippen LogP contribution is -2.39. The van der Waals surface area contributed by atoms with Crippen molar-refractivity contribution in [3.8, 4) is 0 Å². The summed E-state index contributed by atoms with van der Waals surface area (Å²) in [5.74, 6) is 1.90. The molecule has 1 amide bonds. The van der Waals surface area contributed by atoms with Gasteiger partial charge in [-0.1, -0.05) is 12.1 Å². The number of hydrogen-bond acceptors (Lipinski definition) is 6. The zero-order valence-corrected chi connectivity index (χ0v) is 13.1. The molecule has 2 saturated heterocycles. The van der Waals surface area contributed by atoms with Crippen molar-refractivity contribution in [2.24, 2.45) is 5.92 Å². The average molecular weight is 308 g/mol. The van der Waals surface area contributed by atoms with E-state index in [9.17, 15) is 4.79 Å². The molecule has 0 aliphatic carbocycles. The molecule has 2 aliphatic rings. The van der Waals surface area contributed by atoms with Crippen LogP contribution in [0.15, 0.2) is 4.52 Å². The van der Waals surface area contributed by atoms with Crippen molar-refractivity contribution in [3.05, 3.63) is 11.7 Å². The predicted octanol–water partition coefficient (Wildman–Crippen LogP) is 0.922. The molecule has 7 nitrogen and oxygen atoms in total. The highest BCUT2D eigenvalue weighted by molar-refractivity contribution is 5.78. The fourth-order valence-electron chi connectivity index (χ4n) is 3.10. The molecular weight excluding hydrogens is 284 g/mol. The molecule has 3 heterocycles. The Kier molecular flexibility index (Phi) is 5.04. The van der Waals surface area contributed by atoms with Gasteiger partial charge >= 0.3 is 0 Å². The molecular formula is C15H24N4O3. The standard InChI is InChI=1S/C15H24N4O3/c1-2-14-17-15(18-22-14)12-4-3-6-19(12)9-13(20)16-8-11-5-7-21-10-11/h11-12H,2-10H2,1H3,(H,16,20). The van der Waals surface area contributed by atoms with Crippen molar-refractivity contribution in [3.63, 3.8) is 0 Å². The summed E-state index contributed by atoms with van der Waals surface area (Å²) in [7, 11) is 0. The van der Waals surface area contributed by atoms with Crippen molar-refractivity contribution < 1.29 is 14.1 Å². The number of ether oxygens (including phenoxy) is 1. The summed E-state index contributed by atoms with van der Waals surface area (Å²) in [6.45, 7) is 5.57. The van der Waals surface area contributed by atoms with Crippen LogP contribution in [0.4, 0.5) is 0 Å². The van der Waals surface area contributed by atoms with Crippen LogP contribution < -0.4 is 5.32 Å². The van der Waals surface area contributed by atoms with Gasteiger partial charge < -0.3 is 14.6 Å². The van der Waals surface area contributed by atoms with Crippen LogP contribution in [0, 0.1) is 5.92 Å². The van der Waals surface area contributed by atoms with Crippen LogP contribution in [0.3, 0.4) is 0 Å². The number of aryl methyl sites for hydroxylation is 1. The number of hydrogen-bond donors (Lipinski definition) is 1. The van der Waals surface area contributed by atoms with Crippen LogP contribution in [-0.2, 0) is 16.0 Å². The number of nitrogens with one attached hydrogen (secondary N) is 1. The molecule has 2 unspecified atom stereocenters. The number of amides is 1. The summed E-state index contributed by atoms with van der Waals surface area (Å²) >= 11 is 0. The summed E-state index contributed by atoms with van der Waals surface area (Å²) in [6.07, 6.45) is 3.82. The van der Waals surface area contributed by atoms with E-state index in [-0.39, 0.29) is 11.9 Å². The maximum absolute atomic E-state index is 12.1. The van der Waals surface area contributed by atoms with E-state index in [0.29, 0.717) is 30.7 Å². The Morgan fingerprint density at radius 2 is 2.36 bits per heavy atom. The third-order valence-corrected chi connectivity index (χ3v) is 4.41. The Labute approximate surface area is 130 Å². The fourth-order valence-corrected chi connectivity index (χ4v) is 3.10. The third kappa shape index (κ3) is 3.64. The maximum atomic E-state index is 12.1. The molecule has 1 aromatic heterocycles. The second-order valence-corrected chi connectivity index (χ2v) is 6.06. The third-order valence-electron chi connectivity index (χ3n) is 4.41. The van der Waals surface area contributed by atoms with E-state index in [4.69, 9.17) is 9.26 Å². The monoisotopic (exact) mass is 308 g/mol. The lowest BCUT2D eigenvalue weighted by molar-refractivity contribution is -0.122. The number of nitrogens with zero attached hydrogens (tertiary/aromatic N) is 3. The fraction of sp³-hybridized carbons (Fsp3) is 0.800. The van der Waals surface area contributed by atoms with Crippen molar-refractivity contribution in [1.29, 1.82) is 0 Å². The smallest absolute Gasteiger partial charge is 0.234 e. The zero-order chi connectivity index (χ0) is 15.4. The molecule has 3 rings (SSSR count). The first kappa shape index (κ1) is 15.4. The highest BCUT2D eigenvalue weighted by Gasteiger charge is 2.31.